The van der Waals surface area contributed by atoms with Crippen LogP contribution in [0.25, 0.3) is 10.2 Å². The van der Waals surface area contributed by atoms with Gasteiger partial charge in [0.2, 0.25) is 0 Å². The molecule has 7 heteroatoms. The van der Waals surface area contributed by atoms with Gasteiger partial charge in [0, 0.05) is 0 Å². The molecule has 0 aliphatic heterocycles. The van der Waals surface area contributed by atoms with Gasteiger partial charge in [-0.3, -0.25) is 0 Å². The number of halogens is 3. The van der Waals surface area contributed by atoms with Gasteiger partial charge < -0.3 is 12.9 Å². The summed E-state index contributed by atoms with van der Waals surface area (Å²) >= 11 is 1.11. The van der Waals surface area contributed by atoms with E-state index in [1.807, 2.05) is 0 Å². The molecule has 0 spiro atoms. The van der Waals surface area contributed by atoms with E-state index in [4.69, 9.17) is 0 Å². The maximum atomic E-state index is 12.1. The molecule has 0 N–H and O–H groups in total. The molecule has 1 nitrogen and oxygen atoms in total. The summed E-state index contributed by atoms with van der Waals surface area (Å²) < 4.78 is 37.1. The molecule has 15 heavy (non-hydrogen) atoms. The second-order valence-corrected chi connectivity index (χ2v) is 4.10. The molecule has 0 bridgehead atoms. The van der Waals surface area contributed by atoms with Crippen LogP contribution in [0.1, 0.15) is 5.01 Å². The zero-order valence-electron chi connectivity index (χ0n) is 8.08. The topological polar surface area (TPSA) is 12.9 Å². The minimum absolute atomic E-state index is 0. The Bertz CT molecular complexity index is 423. The van der Waals surface area contributed by atoms with Gasteiger partial charge in [0.25, 0.3) is 0 Å². The van der Waals surface area contributed by atoms with Crippen molar-refractivity contribution in [1.29, 1.82) is 0 Å². The Morgan fingerprint density at radius 3 is 2.47 bits per heavy atom. The van der Waals surface area contributed by atoms with Crippen LogP contribution in [0.4, 0.5) is 12.9 Å². The summed E-state index contributed by atoms with van der Waals surface area (Å²) in [5.41, 5.74) is 0.646. The van der Waals surface area contributed by atoms with Gasteiger partial charge in [0.1, 0.15) is 0 Å². The minimum atomic E-state index is -4.78. The fraction of sp³-hybridized carbons (Fsp3) is 0.125. The van der Waals surface area contributed by atoms with Crippen molar-refractivity contribution in [2.24, 2.45) is 0 Å². The average Bonchev–Trinajstić information content (AvgIpc) is 2.42. The van der Waals surface area contributed by atoms with Crippen LogP contribution in [0.5, 0.6) is 0 Å². The maximum Gasteiger partial charge on any atom is 1.00 e. The third kappa shape index (κ3) is 3.83. The molecule has 1 aromatic carbocycles. The number of rotatable bonds is 2. The fourth-order valence-electron chi connectivity index (χ4n) is 1.21. The first-order valence-electron chi connectivity index (χ1n) is 4.10. The number of thiazole rings is 1. The van der Waals surface area contributed by atoms with Gasteiger partial charge in [-0.2, -0.15) is 0 Å². The van der Waals surface area contributed by atoms with Crippen molar-refractivity contribution < 1.29 is 64.3 Å². The van der Waals surface area contributed by atoms with Crippen molar-refractivity contribution in [2.45, 2.75) is 6.32 Å². The summed E-state index contributed by atoms with van der Waals surface area (Å²) in [6.07, 6.45) is -0.876. The molecule has 1 heterocycles. The molecule has 0 aliphatic carbocycles. The van der Waals surface area contributed by atoms with E-state index in [9.17, 15) is 12.9 Å². The molecule has 1 aromatic heterocycles. The van der Waals surface area contributed by atoms with Crippen LogP contribution >= 0.6 is 11.3 Å². The van der Waals surface area contributed by atoms with Crippen molar-refractivity contribution in [3.63, 3.8) is 0 Å². The third-order valence-electron chi connectivity index (χ3n) is 1.74. The van der Waals surface area contributed by atoms with E-state index in [-0.39, 0.29) is 56.4 Å². The summed E-state index contributed by atoms with van der Waals surface area (Å²) in [4.78, 5) is 3.91. The third-order valence-corrected chi connectivity index (χ3v) is 2.80. The number of para-hydroxylation sites is 1. The fourth-order valence-corrected chi connectivity index (χ4v) is 2.24. The summed E-state index contributed by atoms with van der Waals surface area (Å²) in [5, 5.41) is 0.152. The van der Waals surface area contributed by atoms with Gasteiger partial charge in [-0.25, -0.2) is 4.98 Å². The Balaban J connectivity index is 0.00000112. The maximum absolute atomic E-state index is 12.1. The number of hydrogen-bond donors (Lipinski definition) is 0. The summed E-state index contributed by atoms with van der Waals surface area (Å²) in [6.45, 7) is -4.78. The van der Waals surface area contributed by atoms with E-state index < -0.39 is 13.3 Å². The number of hydrogen-bond acceptors (Lipinski definition) is 2. The molecular weight excluding hydrogens is 249 g/mol. The van der Waals surface area contributed by atoms with E-state index in [2.05, 4.69) is 4.98 Å². The largest absolute Gasteiger partial charge is 1.00 e. The first-order chi connectivity index (χ1) is 6.54. The molecule has 0 fully saturated rings. The van der Waals surface area contributed by atoms with E-state index in [1.165, 1.54) is 0 Å². The normalized spacial score (nSPS) is 11.4. The van der Waals surface area contributed by atoms with Crippen LogP contribution in [0.3, 0.4) is 0 Å². The molecule has 0 atom stereocenters. The SMILES string of the molecule is F[B-](F)(F)Cc1nc2ccccc2s1.[K+]. The summed E-state index contributed by atoms with van der Waals surface area (Å²) in [7, 11) is 0. The van der Waals surface area contributed by atoms with Crippen LogP contribution in [-0.2, 0) is 6.32 Å². The predicted octanol–water partition coefficient (Wildman–Crippen LogP) is 0.229. The van der Waals surface area contributed by atoms with Crippen LogP contribution in [0.2, 0.25) is 0 Å². The number of aromatic nitrogens is 1. The molecular formula is C8H6BF3KNS. The first kappa shape index (κ1) is 13.7. The number of fused-ring (bicyclic) bond motifs is 1. The zero-order valence-corrected chi connectivity index (χ0v) is 12.0. The minimum Gasteiger partial charge on any atom is -0.449 e. The number of benzene rings is 1. The standard InChI is InChI=1S/C8H6BF3NS.K/c10-9(11,12)5-8-13-6-3-1-2-4-7(6)14-8;/h1-4H,5H2;/q-1;+1. The first-order valence-corrected chi connectivity index (χ1v) is 4.92. The summed E-state index contributed by atoms with van der Waals surface area (Å²) in [5.74, 6) is 0. The Morgan fingerprint density at radius 1 is 1.20 bits per heavy atom. The molecule has 2 aromatic rings. The van der Waals surface area contributed by atoms with E-state index in [1.54, 1.807) is 24.3 Å². The molecule has 0 unspecified atom stereocenters. The monoisotopic (exact) mass is 255 g/mol. The van der Waals surface area contributed by atoms with Crippen molar-refractivity contribution >= 4 is 28.5 Å². The molecule has 2 rings (SSSR count). The van der Waals surface area contributed by atoms with Gasteiger partial charge in [0.15, 0.2) is 0 Å². The Kier molecular flexibility index (Phi) is 4.82. The van der Waals surface area contributed by atoms with Gasteiger partial charge in [-0.1, -0.05) is 12.1 Å². The van der Waals surface area contributed by atoms with Gasteiger partial charge >= 0.3 is 58.4 Å². The summed E-state index contributed by atoms with van der Waals surface area (Å²) in [6, 6.07) is 7.06. The quantitative estimate of drug-likeness (QED) is 0.700. The molecule has 0 saturated heterocycles. The van der Waals surface area contributed by atoms with E-state index in [0.717, 1.165) is 16.0 Å². The van der Waals surface area contributed by atoms with Crippen LogP contribution in [0, 0.1) is 0 Å². The average molecular weight is 255 g/mol. The van der Waals surface area contributed by atoms with Crippen LogP contribution in [0.15, 0.2) is 24.3 Å². The van der Waals surface area contributed by atoms with Crippen molar-refractivity contribution in [1.82, 2.24) is 4.98 Å². The van der Waals surface area contributed by atoms with Crippen LogP contribution < -0.4 is 51.4 Å². The van der Waals surface area contributed by atoms with E-state index >= 15 is 0 Å². The smallest absolute Gasteiger partial charge is 0.449 e. The van der Waals surface area contributed by atoms with E-state index in [0.29, 0.717) is 5.52 Å². The second kappa shape index (κ2) is 5.29. The zero-order chi connectivity index (χ0) is 10.2. The van der Waals surface area contributed by atoms with Gasteiger partial charge in [-0.05, 0) is 18.5 Å². The van der Waals surface area contributed by atoms with Crippen LogP contribution in [-0.4, -0.2) is 12.0 Å². The van der Waals surface area contributed by atoms with Crippen molar-refractivity contribution in [3.8, 4) is 0 Å². The molecule has 0 aliphatic rings. The van der Waals surface area contributed by atoms with Crippen molar-refractivity contribution in [2.75, 3.05) is 0 Å². The number of nitrogens with zero attached hydrogens (tertiary/aromatic N) is 1. The molecule has 0 saturated carbocycles. The van der Waals surface area contributed by atoms with Gasteiger partial charge in [-0.15, -0.1) is 11.3 Å². The van der Waals surface area contributed by atoms with Crippen molar-refractivity contribution in [3.05, 3.63) is 29.3 Å². The second-order valence-electron chi connectivity index (χ2n) is 2.99. The molecule has 0 amide bonds. The molecule has 0 radical (unpaired) electrons. The molecule has 74 valence electrons. The Hall–Kier alpha value is 0.601. The Labute approximate surface area is 132 Å². The van der Waals surface area contributed by atoms with Gasteiger partial charge in [0.05, 0.1) is 15.2 Å². The predicted molar refractivity (Wildman–Crippen MR) is 52.4 cm³/mol. The Morgan fingerprint density at radius 2 is 1.87 bits per heavy atom.